The summed E-state index contributed by atoms with van der Waals surface area (Å²) in [5.74, 6) is 1.77. The van der Waals surface area contributed by atoms with Gasteiger partial charge in [-0.05, 0) is 103 Å². The first-order chi connectivity index (χ1) is 19.4. The molecule has 41 heavy (non-hydrogen) atoms. The van der Waals surface area contributed by atoms with Gasteiger partial charge in [0.2, 0.25) is 0 Å². The predicted molar refractivity (Wildman–Crippen MR) is 177 cm³/mol. The van der Waals surface area contributed by atoms with Crippen LogP contribution in [0.5, 0.6) is 0 Å². The Kier molecular flexibility index (Phi) is 12.6. The van der Waals surface area contributed by atoms with E-state index in [0.717, 1.165) is 42.5 Å². The third-order valence-corrected chi connectivity index (χ3v) is 16.2. The van der Waals surface area contributed by atoms with Gasteiger partial charge in [-0.2, -0.15) is 13.5 Å². The van der Waals surface area contributed by atoms with Gasteiger partial charge in [0, 0.05) is 5.71 Å². The highest BCUT2D eigenvalue weighted by Crippen LogP contribution is 2.40. The Morgan fingerprint density at radius 3 is 1.73 bits per heavy atom. The average molecular weight is 605 g/mol. The minimum atomic E-state index is -3.79. The minimum absolute atomic E-state index is 0.0996. The Bertz CT molecular complexity index is 1070. The van der Waals surface area contributed by atoms with Crippen molar-refractivity contribution in [2.45, 2.75) is 167 Å². The SMILES string of the molecule is CC[Si](CC)(CC)OC(C1CCCCC1)C1CCC(=NNS(=O)(=O)c2c(C(C)C)cc(C(C)C)cc2C(C)C)CC1. The Balaban J connectivity index is 1.80. The van der Waals surface area contributed by atoms with Crippen LogP contribution in [0.1, 0.15) is 155 Å². The van der Waals surface area contributed by atoms with Crippen molar-refractivity contribution < 1.29 is 12.8 Å². The van der Waals surface area contributed by atoms with Gasteiger partial charge in [0.1, 0.15) is 0 Å². The van der Waals surface area contributed by atoms with Crippen LogP contribution < -0.4 is 4.83 Å². The van der Waals surface area contributed by atoms with Crippen LogP contribution in [0.3, 0.4) is 0 Å². The molecule has 2 fully saturated rings. The summed E-state index contributed by atoms with van der Waals surface area (Å²) in [7, 11) is -5.50. The van der Waals surface area contributed by atoms with E-state index in [1.165, 1.54) is 55.8 Å². The Labute approximate surface area is 253 Å². The molecule has 5 nitrogen and oxygen atoms in total. The highest BCUT2D eigenvalue weighted by atomic mass is 32.2. The molecule has 7 heteroatoms. The Hall–Kier alpha value is -1.18. The summed E-state index contributed by atoms with van der Waals surface area (Å²) in [4.78, 5) is 3.12. The molecule has 1 aromatic carbocycles. The highest BCUT2D eigenvalue weighted by Gasteiger charge is 2.40. The second-order valence-electron chi connectivity index (χ2n) is 13.8. The third kappa shape index (κ3) is 8.47. The molecule has 234 valence electrons. The molecule has 0 amide bonds. The molecule has 1 N–H and O–H groups in total. The standard InChI is InChI=1S/C34H60N2O3SSi/c1-10-41(11-2,12-3)39-33(27-16-14-13-15-17-27)28-18-20-30(21-19-28)35-36-40(37,38)34-31(25(6)7)22-29(24(4)5)23-32(34)26(8)9/h22-28,33,36H,10-21H2,1-9H3. The van der Waals surface area contributed by atoms with Gasteiger partial charge in [-0.1, -0.05) is 93.7 Å². The van der Waals surface area contributed by atoms with Crippen molar-refractivity contribution in [3.8, 4) is 0 Å². The monoisotopic (exact) mass is 604 g/mol. The van der Waals surface area contributed by atoms with Crippen molar-refractivity contribution in [3.63, 3.8) is 0 Å². The number of nitrogens with zero attached hydrogens (tertiary/aromatic N) is 1. The number of benzene rings is 1. The molecule has 2 aliphatic carbocycles. The molecular weight excluding hydrogens is 545 g/mol. The molecule has 1 unspecified atom stereocenters. The lowest BCUT2D eigenvalue weighted by molar-refractivity contribution is 0.0371. The van der Waals surface area contributed by atoms with Gasteiger partial charge < -0.3 is 4.43 Å². The Morgan fingerprint density at radius 2 is 1.29 bits per heavy atom. The van der Waals surface area contributed by atoms with E-state index >= 15 is 0 Å². The largest absolute Gasteiger partial charge is 0.413 e. The Morgan fingerprint density at radius 1 is 0.805 bits per heavy atom. The molecule has 0 aromatic heterocycles. The van der Waals surface area contributed by atoms with E-state index in [4.69, 9.17) is 4.43 Å². The van der Waals surface area contributed by atoms with Crippen molar-refractivity contribution >= 4 is 24.1 Å². The third-order valence-electron chi connectivity index (χ3n) is 10.2. The van der Waals surface area contributed by atoms with E-state index in [1.807, 2.05) is 0 Å². The summed E-state index contributed by atoms with van der Waals surface area (Å²) in [6, 6.07) is 7.76. The van der Waals surface area contributed by atoms with Crippen LogP contribution in [-0.4, -0.2) is 28.6 Å². The molecular formula is C34H60N2O3SSi. The molecule has 0 saturated heterocycles. The summed E-state index contributed by atoms with van der Waals surface area (Å²) in [5.41, 5.74) is 3.95. The quantitative estimate of drug-likeness (QED) is 0.180. The molecule has 1 atom stereocenters. The van der Waals surface area contributed by atoms with Gasteiger partial charge in [0.15, 0.2) is 8.32 Å². The minimum Gasteiger partial charge on any atom is -0.413 e. The molecule has 2 aliphatic rings. The first kappa shape index (κ1) is 34.3. The summed E-state index contributed by atoms with van der Waals surface area (Å²) in [5, 5.41) is 4.57. The molecule has 1 aromatic rings. The van der Waals surface area contributed by atoms with E-state index in [2.05, 4.69) is 84.4 Å². The summed E-state index contributed by atoms with van der Waals surface area (Å²) in [6.45, 7) is 19.6. The summed E-state index contributed by atoms with van der Waals surface area (Å²) >= 11 is 0. The van der Waals surface area contributed by atoms with Crippen LogP contribution in [0.15, 0.2) is 22.1 Å². The van der Waals surface area contributed by atoms with Gasteiger partial charge in [0.25, 0.3) is 10.0 Å². The van der Waals surface area contributed by atoms with Crippen molar-refractivity contribution in [2.24, 2.45) is 16.9 Å². The molecule has 0 heterocycles. The molecule has 0 radical (unpaired) electrons. The van der Waals surface area contributed by atoms with E-state index in [9.17, 15) is 8.42 Å². The van der Waals surface area contributed by atoms with Gasteiger partial charge in [0.05, 0.1) is 11.0 Å². The van der Waals surface area contributed by atoms with Crippen LogP contribution in [-0.2, 0) is 14.4 Å². The van der Waals surface area contributed by atoms with Gasteiger partial charge in [-0.3, -0.25) is 0 Å². The van der Waals surface area contributed by atoms with Crippen molar-refractivity contribution in [1.29, 1.82) is 0 Å². The number of sulfonamides is 1. The number of nitrogens with one attached hydrogen (secondary N) is 1. The van der Waals surface area contributed by atoms with Crippen molar-refractivity contribution in [3.05, 3.63) is 28.8 Å². The summed E-state index contributed by atoms with van der Waals surface area (Å²) < 4.78 is 34.9. The fourth-order valence-electron chi connectivity index (χ4n) is 7.11. The number of hydrogen-bond acceptors (Lipinski definition) is 4. The van der Waals surface area contributed by atoms with E-state index in [1.54, 1.807) is 0 Å². The fraction of sp³-hybridized carbons (Fsp3) is 0.794. The molecule has 3 rings (SSSR count). The van der Waals surface area contributed by atoms with Crippen molar-refractivity contribution in [1.82, 2.24) is 4.83 Å². The summed E-state index contributed by atoms with van der Waals surface area (Å²) in [6.07, 6.45) is 10.8. The van der Waals surface area contributed by atoms with Gasteiger partial charge >= 0.3 is 0 Å². The van der Waals surface area contributed by atoms with Crippen LogP contribution >= 0.6 is 0 Å². The van der Waals surface area contributed by atoms with Crippen LogP contribution in [0, 0.1) is 11.8 Å². The highest BCUT2D eigenvalue weighted by molar-refractivity contribution is 7.89. The van der Waals surface area contributed by atoms with Crippen LogP contribution in [0.2, 0.25) is 18.1 Å². The maximum atomic E-state index is 13.8. The lowest BCUT2D eigenvalue weighted by Gasteiger charge is -2.43. The maximum Gasteiger partial charge on any atom is 0.277 e. The topological polar surface area (TPSA) is 67.8 Å². The normalized spacial score (nSPS) is 20.2. The smallest absolute Gasteiger partial charge is 0.277 e. The zero-order valence-electron chi connectivity index (χ0n) is 27.7. The van der Waals surface area contributed by atoms with E-state index in [0.29, 0.717) is 28.8 Å². The zero-order chi connectivity index (χ0) is 30.4. The molecule has 0 bridgehead atoms. The zero-order valence-corrected chi connectivity index (χ0v) is 29.5. The molecule has 2 saturated carbocycles. The predicted octanol–water partition coefficient (Wildman–Crippen LogP) is 9.85. The van der Waals surface area contributed by atoms with Crippen molar-refractivity contribution in [2.75, 3.05) is 0 Å². The van der Waals surface area contributed by atoms with Crippen LogP contribution in [0.4, 0.5) is 0 Å². The number of hydrogen-bond donors (Lipinski definition) is 1. The number of hydrazone groups is 1. The first-order valence-corrected chi connectivity index (χ1v) is 20.8. The van der Waals surface area contributed by atoms with Gasteiger partial charge in [-0.15, -0.1) is 0 Å². The second-order valence-corrected chi connectivity index (χ2v) is 20.1. The fourth-order valence-corrected chi connectivity index (χ4v) is 11.6. The van der Waals surface area contributed by atoms with E-state index < -0.39 is 18.3 Å². The maximum absolute atomic E-state index is 13.8. The lowest BCUT2D eigenvalue weighted by Crippen LogP contribution is -2.46. The molecule has 0 aliphatic heterocycles. The second kappa shape index (κ2) is 15.0. The van der Waals surface area contributed by atoms with Gasteiger partial charge in [-0.25, -0.2) is 4.83 Å². The average Bonchev–Trinajstić information content (AvgIpc) is 2.97. The lowest BCUT2D eigenvalue weighted by atomic mass is 9.75. The van der Waals surface area contributed by atoms with Crippen LogP contribution in [0.25, 0.3) is 0 Å². The van der Waals surface area contributed by atoms with E-state index in [-0.39, 0.29) is 11.8 Å². The number of rotatable bonds is 13. The molecule has 0 spiro atoms. The first-order valence-electron chi connectivity index (χ1n) is 16.8.